The lowest BCUT2D eigenvalue weighted by Gasteiger charge is -2.16. The van der Waals surface area contributed by atoms with Gasteiger partial charge in [-0.1, -0.05) is 0 Å². The van der Waals surface area contributed by atoms with Gasteiger partial charge in [0.25, 0.3) is 0 Å². The van der Waals surface area contributed by atoms with E-state index in [2.05, 4.69) is 44.3 Å². The predicted molar refractivity (Wildman–Crippen MR) is 139 cm³/mol. The number of aromatic nitrogens is 4. The maximum Gasteiger partial charge on any atom is 0.112 e. The molecule has 2 aromatic heterocycles. The van der Waals surface area contributed by atoms with E-state index in [0.717, 1.165) is 56.9 Å². The zero-order chi connectivity index (χ0) is 24.6. The molecular weight excluding hydrogens is 424 g/mol. The minimum Gasteiger partial charge on any atom is -0.378 e. The molecule has 4 aromatic rings. The highest BCUT2D eigenvalue weighted by molar-refractivity contribution is 5.67. The smallest absolute Gasteiger partial charge is 0.112 e. The second-order valence-electron chi connectivity index (χ2n) is 9.01. The van der Waals surface area contributed by atoms with Gasteiger partial charge >= 0.3 is 0 Å². The van der Waals surface area contributed by atoms with Crippen LogP contribution in [0, 0.1) is 27.7 Å². The normalized spacial score (nSPS) is 11.4. The van der Waals surface area contributed by atoms with E-state index in [9.17, 15) is 0 Å². The molecule has 8 nitrogen and oxygen atoms in total. The van der Waals surface area contributed by atoms with Gasteiger partial charge in [0.15, 0.2) is 0 Å². The fourth-order valence-electron chi connectivity index (χ4n) is 3.94. The van der Waals surface area contributed by atoms with Crippen molar-refractivity contribution in [2.45, 2.75) is 27.7 Å². The molecular formula is C26H32N8. The summed E-state index contributed by atoms with van der Waals surface area (Å²) in [4.78, 5) is 4.13. The first-order valence-corrected chi connectivity index (χ1v) is 11.3. The van der Waals surface area contributed by atoms with Gasteiger partial charge in [0, 0.05) is 51.0 Å². The third kappa shape index (κ3) is 4.57. The molecule has 2 heterocycles. The van der Waals surface area contributed by atoms with Gasteiger partial charge in [-0.2, -0.15) is 10.2 Å². The molecule has 0 aliphatic rings. The summed E-state index contributed by atoms with van der Waals surface area (Å²) in [5.41, 5.74) is 9.41. The van der Waals surface area contributed by atoms with Gasteiger partial charge in [-0.05, 0) is 76.2 Å². The summed E-state index contributed by atoms with van der Waals surface area (Å²) in [6.07, 6.45) is 0. The SMILES string of the molecule is Cc1cc(C)n(-c2cc(N(C)C)ccc2N=Nc2ccc(N(C)C)cc2-n2nc(C)cc2C)n1. The number of nitrogens with zero attached hydrogens (tertiary/aromatic N) is 8. The molecule has 0 saturated carbocycles. The number of aryl methyl sites for hydroxylation is 4. The number of hydrogen-bond donors (Lipinski definition) is 0. The second-order valence-corrected chi connectivity index (χ2v) is 9.01. The summed E-state index contributed by atoms with van der Waals surface area (Å²) in [7, 11) is 8.09. The molecule has 0 fully saturated rings. The van der Waals surface area contributed by atoms with Crippen molar-refractivity contribution in [1.82, 2.24) is 19.6 Å². The van der Waals surface area contributed by atoms with Crippen molar-refractivity contribution in [3.63, 3.8) is 0 Å². The van der Waals surface area contributed by atoms with Crippen LogP contribution >= 0.6 is 0 Å². The second kappa shape index (κ2) is 9.13. The van der Waals surface area contributed by atoms with E-state index >= 15 is 0 Å². The lowest BCUT2D eigenvalue weighted by atomic mass is 10.2. The van der Waals surface area contributed by atoms with Crippen molar-refractivity contribution >= 4 is 22.7 Å². The molecule has 0 aliphatic carbocycles. The summed E-state index contributed by atoms with van der Waals surface area (Å²) in [5, 5.41) is 18.8. The minimum atomic E-state index is 0.743. The van der Waals surface area contributed by atoms with Crippen LogP contribution in [0.3, 0.4) is 0 Å². The number of hydrogen-bond acceptors (Lipinski definition) is 6. The maximum absolute atomic E-state index is 4.69. The Kier molecular flexibility index (Phi) is 6.24. The molecule has 176 valence electrons. The molecule has 8 heteroatoms. The molecule has 34 heavy (non-hydrogen) atoms. The Morgan fingerprint density at radius 2 is 0.971 bits per heavy atom. The first-order valence-electron chi connectivity index (χ1n) is 11.3. The van der Waals surface area contributed by atoms with Crippen LogP contribution in [0.2, 0.25) is 0 Å². The molecule has 4 rings (SSSR count). The average Bonchev–Trinajstić information content (AvgIpc) is 3.30. The first-order chi connectivity index (χ1) is 16.1. The van der Waals surface area contributed by atoms with Gasteiger partial charge in [0.05, 0.1) is 22.8 Å². The molecule has 0 amide bonds. The van der Waals surface area contributed by atoms with Crippen molar-refractivity contribution in [2.24, 2.45) is 10.2 Å². The van der Waals surface area contributed by atoms with Crippen LogP contribution in [0.25, 0.3) is 11.4 Å². The van der Waals surface area contributed by atoms with Crippen LogP contribution in [-0.4, -0.2) is 47.8 Å². The van der Waals surface area contributed by atoms with Crippen LogP contribution in [0.15, 0.2) is 58.8 Å². The van der Waals surface area contributed by atoms with Gasteiger partial charge < -0.3 is 9.80 Å². The Morgan fingerprint density at radius 3 is 1.26 bits per heavy atom. The third-order valence-corrected chi connectivity index (χ3v) is 5.69. The summed E-state index contributed by atoms with van der Waals surface area (Å²) in [6, 6.07) is 16.4. The predicted octanol–water partition coefficient (Wildman–Crippen LogP) is 5.84. The summed E-state index contributed by atoms with van der Waals surface area (Å²) >= 11 is 0. The van der Waals surface area contributed by atoms with E-state index in [1.807, 2.05) is 89.5 Å². The maximum atomic E-state index is 4.69. The van der Waals surface area contributed by atoms with E-state index in [-0.39, 0.29) is 0 Å². The Labute approximate surface area is 201 Å². The highest BCUT2D eigenvalue weighted by atomic mass is 15.3. The molecule has 0 bridgehead atoms. The number of rotatable bonds is 6. The molecule has 0 aliphatic heterocycles. The van der Waals surface area contributed by atoms with Crippen molar-refractivity contribution in [2.75, 3.05) is 38.0 Å². The van der Waals surface area contributed by atoms with E-state index < -0.39 is 0 Å². The topological polar surface area (TPSA) is 66.8 Å². The summed E-state index contributed by atoms with van der Waals surface area (Å²) < 4.78 is 3.85. The van der Waals surface area contributed by atoms with Crippen LogP contribution in [-0.2, 0) is 0 Å². The molecule has 0 radical (unpaired) electrons. The number of anilines is 2. The zero-order valence-corrected chi connectivity index (χ0v) is 21.2. The highest BCUT2D eigenvalue weighted by Crippen LogP contribution is 2.33. The highest BCUT2D eigenvalue weighted by Gasteiger charge is 2.14. The van der Waals surface area contributed by atoms with Gasteiger partial charge in [-0.15, -0.1) is 10.2 Å². The van der Waals surface area contributed by atoms with E-state index in [0.29, 0.717) is 0 Å². The largest absolute Gasteiger partial charge is 0.378 e. The monoisotopic (exact) mass is 456 g/mol. The Hall–Kier alpha value is -3.94. The Morgan fingerprint density at radius 1 is 0.588 bits per heavy atom. The molecule has 2 aromatic carbocycles. The molecule has 0 atom stereocenters. The van der Waals surface area contributed by atoms with Crippen molar-refractivity contribution < 1.29 is 0 Å². The fourth-order valence-corrected chi connectivity index (χ4v) is 3.94. The molecule has 0 spiro atoms. The van der Waals surface area contributed by atoms with Crippen molar-refractivity contribution in [1.29, 1.82) is 0 Å². The van der Waals surface area contributed by atoms with Crippen LogP contribution in [0.1, 0.15) is 22.8 Å². The van der Waals surface area contributed by atoms with E-state index in [1.54, 1.807) is 0 Å². The van der Waals surface area contributed by atoms with Gasteiger partial charge in [0.1, 0.15) is 11.4 Å². The van der Waals surface area contributed by atoms with Gasteiger partial charge in [-0.3, -0.25) is 0 Å². The zero-order valence-electron chi connectivity index (χ0n) is 21.2. The summed E-state index contributed by atoms with van der Waals surface area (Å²) in [6.45, 7) is 8.08. The Balaban J connectivity index is 1.84. The fraction of sp³-hybridized carbons (Fsp3) is 0.308. The van der Waals surface area contributed by atoms with E-state index in [1.165, 1.54) is 0 Å². The Bertz CT molecular complexity index is 1250. The third-order valence-electron chi connectivity index (χ3n) is 5.69. The molecule has 0 saturated heterocycles. The molecule has 0 unspecified atom stereocenters. The molecule has 0 N–H and O–H groups in total. The van der Waals surface area contributed by atoms with E-state index in [4.69, 9.17) is 10.2 Å². The van der Waals surface area contributed by atoms with Crippen LogP contribution < -0.4 is 9.80 Å². The lowest BCUT2D eigenvalue weighted by Crippen LogP contribution is -2.10. The van der Waals surface area contributed by atoms with Crippen LogP contribution in [0.4, 0.5) is 22.7 Å². The van der Waals surface area contributed by atoms with Gasteiger partial charge in [0.2, 0.25) is 0 Å². The minimum absolute atomic E-state index is 0.743. The average molecular weight is 457 g/mol. The number of azo groups is 1. The van der Waals surface area contributed by atoms with Gasteiger partial charge in [-0.25, -0.2) is 9.36 Å². The summed E-state index contributed by atoms with van der Waals surface area (Å²) in [5.74, 6) is 0. The van der Waals surface area contributed by atoms with Crippen molar-refractivity contribution in [3.8, 4) is 11.4 Å². The quantitative estimate of drug-likeness (QED) is 0.342. The lowest BCUT2D eigenvalue weighted by molar-refractivity contribution is 0.827. The first kappa shape index (κ1) is 23.2. The van der Waals surface area contributed by atoms with Crippen molar-refractivity contribution in [3.05, 3.63) is 71.3 Å². The number of benzene rings is 2. The standard InChI is InChI=1S/C26H32N8/c1-17-13-19(3)33(29-17)25-15-21(31(5)6)9-11-23(25)27-28-24-12-10-22(32(7)8)16-26(24)34-20(4)14-18(2)30-34/h9-16H,1-8H3. The van der Waals surface area contributed by atoms with Crippen LogP contribution in [0.5, 0.6) is 0 Å².